The molecule has 4 nitrogen and oxygen atoms in total. The Morgan fingerprint density at radius 3 is 2.88 bits per heavy atom. The van der Waals surface area contributed by atoms with Gasteiger partial charge >= 0.3 is 0 Å². The number of fused-ring (bicyclic) bond motifs is 1. The average molecular weight is 351 g/mol. The molecule has 26 heavy (non-hydrogen) atoms. The summed E-state index contributed by atoms with van der Waals surface area (Å²) in [7, 11) is 1.80. The Morgan fingerprint density at radius 1 is 1.23 bits per heavy atom. The van der Waals surface area contributed by atoms with Crippen LogP contribution in [0.2, 0.25) is 0 Å². The van der Waals surface area contributed by atoms with Crippen LogP contribution in [-0.2, 0) is 6.54 Å². The second kappa shape index (κ2) is 6.92. The first kappa shape index (κ1) is 16.8. The van der Waals surface area contributed by atoms with E-state index in [1.165, 1.54) is 12.1 Å². The van der Waals surface area contributed by atoms with Gasteiger partial charge in [0.25, 0.3) is 5.91 Å². The minimum Gasteiger partial charge on any atom is -0.357 e. The summed E-state index contributed by atoms with van der Waals surface area (Å²) in [5.74, 6) is 0.142. The van der Waals surface area contributed by atoms with Crippen molar-refractivity contribution in [3.8, 4) is 0 Å². The molecule has 0 aliphatic carbocycles. The molecule has 134 valence electrons. The zero-order chi connectivity index (χ0) is 18.1. The van der Waals surface area contributed by atoms with E-state index in [9.17, 15) is 9.18 Å². The number of carbonyl (C=O) groups excluding carboxylic acids is 1. The maximum absolute atomic E-state index is 13.4. The average Bonchev–Trinajstić information content (AvgIpc) is 3.30. The summed E-state index contributed by atoms with van der Waals surface area (Å²) in [6, 6.07) is 14.4. The summed E-state index contributed by atoms with van der Waals surface area (Å²) in [6.45, 7) is 2.36. The van der Waals surface area contributed by atoms with Gasteiger partial charge in [0.15, 0.2) is 0 Å². The first-order chi connectivity index (χ1) is 12.6. The van der Waals surface area contributed by atoms with E-state index in [1.54, 1.807) is 18.0 Å². The van der Waals surface area contributed by atoms with Crippen molar-refractivity contribution in [1.29, 1.82) is 0 Å². The van der Waals surface area contributed by atoms with Crippen molar-refractivity contribution in [2.24, 2.45) is 0 Å². The molecule has 1 amide bonds. The molecule has 1 fully saturated rings. The fraction of sp³-hybridized carbons (Fsp3) is 0.286. The largest absolute Gasteiger partial charge is 0.357 e. The molecule has 0 spiro atoms. The third-order valence-corrected chi connectivity index (χ3v) is 5.08. The fourth-order valence-corrected chi connectivity index (χ4v) is 3.75. The monoisotopic (exact) mass is 351 g/mol. The van der Waals surface area contributed by atoms with Crippen LogP contribution in [0.4, 0.5) is 4.39 Å². The smallest absolute Gasteiger partial charge is 0.254 e. The Morgan fingerprint density at radius 2 is 2.08 bits per heavy atom. The van der Waals surface area contributed by atoms with E-state index in [2.05, 4.69) is 16.4 Å². The maximum Gasteiger partial charge on any atom is 0.254 e. The minimum absolute atomic E-state index is 0.0114. The Kier molecular flexibility index (Phi) is 4.47. The van der Waals surface area contributed by atoms with Crippen molar-refractivity contribution in [2.75, 3.05) is 20.1 Å². The van der Waals surface area contributed by atoms with Crippen LogP contribution in [0.5, 0.6) is 0 Å². The molecule has 2 heterocycles. The van der Waals surface area contributed by atoms with Gasteiger partial charge in [0, 0.05) is 35.8 Å². The molecule has 0 saturated carbocycles. The van der Waals surface area contributed by atoms with Crippen LogP contribution in [0, 0.1) is 5.82 Å². The lowest BCUT2D eigenvalue weighted by Crippen LogP contribution is -2.27. The van der Waals surface area contributed by atoms with E-state index < -0.39 is 0 Å². The highest BCUT2D eigenvalue weighted by molar-refractivity contribution is 5.95. The first-order valence-electron chi connectivity index (χ1n) is 8.94. The van der Waals surface area contributed by atoms with Crippen molar-refractivity contribution in [3.63, 3.8) is 0 Å². The topological polar surface area (TPSA) is 48.1 Å². The predicted molar refractivity (Wildman–Crippen MR) is 101 cm³/mol. The third-order valence-electron chi connectivity index (χ3n) is 5.08. The Hall–Kier alpha value is -2.66. The van der Waals surface area contributed by atoms with Gasteiger partial charge in [-0.3, -0.25) is 4.79 Å². The number of halogens is 1. The molecule has 2 aromatic carbocycles. The molecular formula is C21H22FN3O. The molecule has 1 unspecified atom stereocenters. The second-order valence-corrected chi connectivity index (χ2v) is 6.96. The van der Waals surface area contributed by atoms with Gasteiger partial charge in [0.05, 0.1) is 6.54 Å². The minimum atomic E-state index is -0.258. The highest BCUT2D eigenvalue weighted by Gasteiger charge is 2.23. The molecule has 2 N–H and O–H groups in total. The summed E-state index contributed by atoms with van der Waals surface area (Å²) in [4.78, 5) is 18.0. The lowest BCUT2D eigenvalue weighted by molar-refractivity contribution is 0.0782. The third kappa shape index (κ3) is 3.22. The molecule has 1 aliphatic heterocycles. The highest BCUT2D eigenvalue weighted by atomic mass is 19.1. The van der Waals surface area contributed by atoms with Crippen LogP contribution in [0.15, 0.2) is 48.5 Å². The Bertz CT molecular complexity index is 943. The van der Waals surface area contributed by atoms with Gasteiger partial charge in [-0.1, -0.05) is 18.2 Å². The van der Waals surface area contributed by atoms with Crippen LogP contribution in [-0.4, -0.2) is 35.9 Å². The zero-order valence-corrected chi connectivity index (χ0v) is 14.8. The maximum atomic E-state index is 13.4. The molecule has 0 bridgehead atoms. The molecule has 3 aromatic rings. The predicted octanol–water partition coefficient (Wildman–Crippen LogP) is 3.66. The van der Waals surface area contributed by atoms with Gasteiger partial charge in [-0.05, 0) is 54.8 Å². The lowest BCUT2D eigenvalue weighted by Gasteiger charge is -2.20. The lowest BCUT2D eigenvalue weighted by atomic mass is 9.93. The molecule has 5 heteroatoms. The summed E-state index contributed by atoms with van der Waals surface area (Å²) in [5.41, 5.74) is 3.65. The number of benzene rings is 2. The van der Waals surface area contributed by atoms with Crippen LogP contribution < -0.4 is 5.32 Å². The van der Waals surface area contributed by atoms with E-state index in [1.807, 2.05) is 24.3 Å². The van der Waals surface area contributed by atoms with Gasteiger partial charge < -0.3 is 15.2 Å². The molecule has 4 rings (SSSR count). The number of hydrogen-bond donors (Lipinski definition) is 2. The van der Waals surface area contributed by atoms with E-state index in [0.717, 1.165) is 47.2 Å². The number of rotatable bonds is 4. The summed E-state index contributed by atoms with van der Waals surface area (Å²) in [6.07, 6.45) is 1.06. The van der Waals surface area contributed by atoms with Crippen LogP contribution in [0.1, 0.15) is 34.0 Å². The fourth-order valence-electron chi connectivity index (χ4n) is 3.75. The quantitative estimate of drug-likeness (QED) is 0.754. The number of amides is 1. The second-order valence-electron chi connectivity index (χ2n) is 6.96. The molecule has 1 aromatic heterocycles. The molecule has 1 atom stereocenters. The Labute approximate surface area is 152 Å². The summed E-state index contributed by atoms with van der Waals surface area (Å²) >= 11 is 0. The number of hydrogen-bond acceptors (Lipinski definition) is 2. The van der Waals surface area contributed by atoms with E-state index >= 15 is 0 Å². The normalized spacial score (nSPS) is 16.9. The number of nitrogens with zero attached hydrogens (tertiary/aromatic N) is 1. The van der Waals surface area contributed by atoms with E-state index in [0.29, 0.717) is 12.5 Å². The van der Waals surface area contributed by atoms with Gasteiger partial charge in [0.1, 0.15) is 5.82 Å². The van der Waals surface area contributed by atoms with Crippen LogP contribution in [0.25, 0.3) is 10.9 Å². The van der Waals surface area contributed by atoms with Crippen LogP contribution in [0.3, 0.4) is 0 Å². The van der Waals surface area contributed by atoms with Crippen LogP contribution >= 0.6 is 0 Å². The van der Waals surface area contributed by atoms with E-state index in [4.69, 9.17) is 0 Å². The van der Waals surface area contributed by atoms with Gasteiger partial charge in [-0.25, -0.2) is 4.39 Å². The molecule has 0 radical (unpaired) electrons. The molecule has 1 aliphatic rings. The Balaban J connectivity index is 1.56. The van der Waals surface area contributed by atoms with Crippen molar-refractivity contribution >= 4 is 16.8 Å². The first-order valence-corrected chi connectivity index (χ1v) is 8.94. The SMILES string of the molecule is CN(Cc1cc2cc(F)ccc2[nH]1)C(=O)c1ccccc1C1CCNC1. The number of H-pyrrole nitrogens is 1. The molecule has 1 saturated heterocycles. The van der Waals surface area contributed by atoms with Gasteiger partial charge in [0.2, 0.25) is 0 Å². The number of aromatic amines is 1. The number of carbonyl (C=O) groups is 1. The van der Waals surface area contributed by atoms with Gasteiger partial charge in [-0.2, -0.15) is 0 Å². The number of aromatic nitrogens is 1. The standard InChI is InChI=1S/C21H22FN3O/c1-25(13-17-11-15-10-16(22)6-7-20(15)24-17)21(26)19-5-3-2-4-18(19)14-8-9-23-12-14/h2-7,10-11,14,23-24H,8-9,12-13H2,1H3. The summed E-state index contributed by atoms with van der Waals surface area (Å²) in [5, 5.41) is 4.18. The van der Waals surface area contributed by atoms with Crippen molar-refractivity contribution in [1.82, 2.24) is 15.2 Å². The van der Waals surface area contributed by atoms with E-state index in [-0.39, 0.29) is 11.7 Å². The summed E-state index contributed by atoms with van der Waals surface area (Å²) < 4.78 is 13.4. The highest BCUT2D eigenvalue weighted by Crippen LogP contribution is 2.27. The van der Waals surface area contributed by atoms with Gasteiger partial charge in [-0.15, -0.1) is 0 Å². The zero-order valence-electron chi connectivity index (χ0n) is 14.8. The van der Waals surface area contributed by atoms with Crippen molar-refractivity contribution in [2.45, 2.75) is 18.9 Å². The van der Waals surface area contributed by atoms with Crippen molar-refractivity contribution < 1.29 is 9.18 Å². The van der Waals surface area contributed by atoms with Crippen molar-refractivity contribution in [3.05, 3.63) is 71.2 Å². The molecular weight excluding hydrogens is 329 g/mol. The number of nitrogens with one attached hydrogen (secondary N) is 2.